The van der Waals surface area contributed by atoms with Gasteiger partial charge in [-0.3, -0.25) is 24.6 Å². The molecule has 3 aliphatic heterocycles. The van der Waals surface area contributed by atoms with Crippen LogP contribution in [-0.2, 0) is 16.1 Å². The Morgan fingerprint density at radius 2 is 1.73 bits per heavy atom. The quantitative estimate of drug-likeness (QED) is 0.538. The molecule has 4 aliphatic rings. The third-order valence-corrected chi connectivity index (χ3v) is 8.41. The number of benzene rings is 2. The summed E-state index contributed by atoms with van der Waals surface area (Å²) in [6, 6.07) is 11.2. The van der Waals surface area contributed by atoms with Gasteiger partial charge in [-0.05, 0) is 55.5 Å². The largest absolute Gasteiger partial charge is 0.573 e. The number of carbonyl (C=O) groups excluding carboxylic acids is 3. The van der Waals surface area contributed by atoms with Crippen molar-refractivity contribution in [2.75, 3.05) is 13.1 Å². The van der Waals surface area contributed by atoms with Gasteiger partial charge in [0.05, 0.1) is 0 Å². The van der Waals surface area contributed by atoms with Gasteiger partial charge in [-0.2, -0.15) is 0 Å². The molecule has 1 aliphatic carbocycles. The van der Waals surface area contributed by atoms with E-state index in [-0.39, 0.29) is 48.6 Å². The molecule has 1 unspecified atom stereocenters. The molecule has 8 nitrogen and oxygen atoms in total. The zero-order valence-electron chi connectivity index (χ0n) is 21.8. The molecule has 3 amide bonds. The summed E-state index contributed by atoms with van der Waals surface area (Å²) >= 11 is 0. The summed E-state index contributed by atoms with van der Waals surface area (Å²) in [4.78, 5) is 40.6. The molecular weight excluding hydrogens is 527 g/mol. The number of carbonyl (C=O) groups is 3. The number of halogens is 3. The van der Waals surface area contributed by atoms with E-state index >= 15 is 0 Å². The Kier molecular flexibility index (Phi) is 6.93. The van der Waals surface area contributed by atoms with Crippen molar-refractivity contribution in [1.82, 2.24) is 15.1 Å². The normalized spacial score (nSPS) is 25.8. The number of likely N-dealkylation sites (tertiary alicyclic amines) is 1. The van der Waals surface area contributed by atoms with E-state index in [1.54, 1.807) is 30.3 Å². The van der Waals surface area contributed by atoms with Crippen LogP contribution in [0.15, 0.2) is 42.5 Å². The summed E-state index contributed by atoms with van der Waals surface area (Å²) in [7, 11) is 0. The van der Waals surface area contributed by atoms with E-state index in [1.807, 2.05) is 6.07 Å². The van der Waals surface area contributed by atoms with Crippen molar-refractivity contribution >= 4 is 17.7 Å². The van der Waals surface area contributed by atoms with Crippen molar-refractivity contribution in [2.24, 2.45) is 0 Å². The molecule has 2 aromatic rings. The summed E-state index contributed by atoms with van der Waals surface area (Å²) in [6.45, 7) is 1.53. The maximum absolute atomic E-state index is 13.0. The highest BCUT2D eigenvalue weighted by Gasteiger charge is 2.42. The van der Waals surface area contributed by atoms with Gasteiger partial charge in [-0.25, -0.2) is 0 Å². The molecule has 1 N–H and O–H groups in total. The SMILES string of the molecule is O=C1CCC(N2Cc3cc(O[C@@H]4CCCC[C@H]4N4CC(c5ccccc5OC(F)(F)F)C4)ccc3C2=O)C(=O)N1. The fourth-order valence-electron chi connectivity index (χ4n) is 6.45. The molecule has 212 valence electrons. The summed E-state index contributed by atoms with van der Waals surface area (Å²) in [5.74, 6) is -0.544. The molecular formula is C29H30F3N3O5. The molecule has 3 heterocycles. The number of hydrogen-bond acceptors (Lipinski definition) is 6. The Morgan fingerprint density at radius 1 is 0.950 bits per heavy atom. The van der Waals surface area contributed by atoms with E-state index in [0.717, 1.165) is 31.2 Å². The fraction of sp³-hybridized carbons (Fsp3) is 0.483. The van der Waals surface area contributed by atoms with E-state index < -0.39 is 18.3 Å². The number of rotatable bonds is 6. The number of ether oxygens (including phenoxy) is 2. The molecule has 2 aromatic carbocycles. The first-order chi connectivity index (χ1) is 19.2. The zero-order chi connectivity index (χ0) is 28.0. The Bertz CT molecular complexity index is 1330. The van der Waals surface area contributed by atoms with Gasteiger partial charge in [0, 0.05) is 49.1 Å². The Hall–Kier alpha value is -3.60. The molecule has 0 aromatic heterocycles. The van der Waals surface area contributed by atoms with Crippen LogP contribution in [-0.4, -0.2) is 65.2 Å². The number of piperidine rings is 1. The van der Waals surface area contributed by atoms with Crippen molar-refractivity contribution < 1.29 is 37.0 Å². The lowest BCUT2D eigenvalue weighted by molar-refractivity contribution is -0.275. The highest BCUT2D eigenvalue weighted by atomic mass is 19.4. The van der Waals surface area contributed by atoms with Crippen LogP contribution in [0.3, 0.4) is 0 Å². The lowest BCUT2D eigenvalue weighted by Gasteiger charge is -2.48. The predicted molar refractivity (Wildman–Crippen MR) is 137 cm³/mol. The summed E-state index contributed by atoms with van der Waals surface area (Å²) < 4.78 is 49.4. The van der Waals surface area contributed by atoms with Crippen molar-refractivity contribution in [3.05, 3.63) is 59.2 Å². The highest BCUT2D eigenvalue weighted by Crippen LogP contribution is 2.40. The Balaban J connectivity index is 1.11. The van der Waals surface area contributed by atoms with Crippen molar-refractivity contribution in [2.45, 2.75) is 75.5 Å². The van der Waals surface area contributed by atoms with Crippen LogP contribution in [0, 0.1) is 0 Å². The average molecular weight is 558 g/mol. The predicted octanol–water partition coefficient (Wildman–Crippen LogP) is 4.14. The van der Waals surface area contributed by atoms with Gasteiger partial charge in [-0.15, -0.1) is 13.2 Å². The van der Waals surface area contributed by atoms with Gasteiger partial charge >= 0.3 is 6.36 Å². The van der Waals surface area contributed by atoms with E-state index in [9.17, 15) is 27.6 Å². The average Bonchev–Trinajstić information content (AvgIpc) is 3.19. The van der Waals surface area contributed by atoms with Crippen LogP contribution in [0.2, 0.25) is 0 Å². The standard InChI is InChI=1S/C29H30F3N3O5/c30-29(31,32)40-24-7-3-1-5-20(24)18-14-34(15-18)22-6-2-4-8-25(22)39-19-9-10-21-17(13-19)16-35(28(21)38)23-11-12-26(36)33-27(23)37/h1,3,5,7,9-10,13,18,22-23,25H,2,4,6,8,11-12,14-16H2,(H,33,36,37)/t22-,23?,25-/m1/s1. The molecule has 3 atom stereocenters. The number of nitrogens with zero attached hydrogens (tertiary/aromatic N) is 2. The maximum atomic E-state index is 13.0. The first-order valence-electron chi connectivity index (χ1n) is 13.7. The molecule has 2 saturated heterocycles. The lowest BCUT2D eigenvalue weighted by Crippen LogP contribution is -2.57. The van der Waals surface area contributed by atoms with Crippen LogP contribution in [0.1, 0.15) is 65.9 Å². The molecule has 0 radical (unpaired) electrons. The summed E-state index contributed by atoms with van der Waals surface area (Å²) in [5.41, 5.74) is 1.88. The van der Waals surface area contributed by atoms with Crippen LogP contribution < -0.4 is 14.8 Å². The Labute approximate surface area is 229 Å². The van der Waals surface area contributed by atoms with Gasteiger partial charge in [-0.1, -0.05) is 24.6 Å². The van der Waals surface area contributed by atoms with E-state index in [1.165, 1.54) is 11.0 Å². The fourth-order valence-corrected chi connectivity index (χ4v) is 6.45. The van der Waals surface area contributed by atoms with Gasteiger partial charge in [0.25, 0.3) is 5.91 Å². The first-order valence-corrected chi connectivity index (χ1v) is 13.7. The topological polar surface area (TPSA) is 88.2 Å². The van der Waals surface area contributed by atoms with Crippen molar-refractivity contribution in [3.8, 4) is 11.5 Å². The van der Waals surface area contributed by atoms with Gasteiger partial charge in [0.1, 0.15) is 23.6 Å². The molecule has 40 heavy (non-hydrogen) atoms. The number of para-hydroxylation sites is 1. The summed E-state index contributed by atoms with van der Waals surface area (Å²) in [5, 5.41) is 2.31. The number of alkyl halides is 3. The first kappa shape index (κ1) is 26.6. The third-order valence-electron chi connectivity index (χ3n) is 8.41. The van der Waals surface area contributed by atoms with Crippen molar-refractivity contribution in [3.63, 3.8) is 0 Å². The smallest absolute Gasteiger partial charge is 0.489 e. The summed E-state index contributed by atoms with van der Waals surface area (Å²) in [6.07, 6.45) is -0.443. The second-order valence-corrected chi connectivity index (χ2v) is 11.0. The Morgan fingerprint density at radius 3 is 2.50 bits per heavy atom. The third kappa shape index (κ3) is 5.26. The van der Waals surface area contributed by atoms with E-state index in [0.29, 0.717) is 36.4 Å². The van der Waals surface area contributed by atoms with Crippen LogP contribution in [0.25, 0.3) is 0 Å². The van der Waals surface area contributed by atoms with E-state index in [2.05, 4.69) is 15.0 Å². The number of hydrogen-bond donors (Lipinski definition) is 1. The zero-order valence-corrected chi connectivity index (χ0v) is 21.8. The van der Waals surface area contributed by atoms with Gasteiger partial charge < -0.3 is 14.4 Å². The monoisotopic (exact) mass is 557 g/mol. The molecule has 0 spiro atoms. The second-order valence-electron chi connectivity index (χ2n) is 11.0. The second kappa shape index (κ2) is 10.4. The van der Waals surface area contributed by atoms with Crippen LogP contribution >= 0.6 is 0 Å². The molecule has 0 bridgehead atoms. The number of imide groups is 1. The number of fused-ring (bicyclic) bond motifs is 1. The minimum Gasteiger partial charge on any atom is -0.489 e. The number of amides is 3. The van der Waals surface area contributed by atoms with Gasteiger partial charge in [0.15, 0.2) is 0 Å². The minimum atomic E-state index is -4.73. The van der Waals surface area contributed by atoms with Gasteiger partial charge in [0.2, 0.25) is 11.8 Å². The molecule has 1 saturated carbocycles. The van der Waals surface area contributed by atoms with Crippen LogP contribution in [0.4, 0.5) is 13.2 Å². The molecule has 6 rings (SSSR count). The molecule has 11 heteroatoms. The minimum absolute atomic E-state index is 0.0506. The van der Waals surface area contributed by atoms with E-state index in [4.69, 9.17) is 4.74 Å². The lowest BCUT2D eigenvalue weighted by atomic mass is 9.84. The number of nitrogens with one attached hydrogen (secondary N) is 1. The van der Waals surface area contributed by atoms with Crippen LogP contribution in [0.5, 0.6) is 11.5 Å². The molecule has 3 fully saturated rings. The van der Waals surface area contributed by atoms with Crippen molar-refractivity contribution in [1.29, 1.82) is 0 Å². The highest BCUT2D eigenvalue weighted by molar-refractivity contribution is 6.05. The maximum Gasteiger partial charge on any atom is 0.573 e.